The van der Waals surface area contributed by atoms with E-state index in [0.29, 0.717) is 16.9 Å². The Morgan fingerprint density at radius 3 is 2.49 bits per heavy atom. The van der Waals surface area contributed by atoms with Gasteiger partial charge in [0.25, 0.3) is 11.5 Å². The second kappa shape index (κ2) is 11.9. The highest BCUT2D eigenvalue weighted by Gasteiger charge is 2.21. The van der Waals surface area contributed by atoms with Crippen molar-refractivity contribution >= 4 is 28.4 Å². The number of hydrogen-bond donors (Lipinski definition) is 4. The minimum atomic E-state index is -0.923. The van der Waals surface area contributed by atoms with Crippen molar-refractivity contribution in [3.63, 3.8) is 0 Å². The third-order valence-electron chi connectivity index (χ3n) is 6.49. The number of amides is 1. The number of pyridine rings is 1. The molecular weight excluding hydrogens is 564 g/mol. The SMILES string of the molecule is CC(C)n1cc(C(=O)Nc2ccc(Oc3ccnc4[nH]nc(N[C@H](C)CO)c34)c(F)c2)c(=O)n(-c2ccc(F)cc2)c1=O. The van der Waals surface area contributed by atoms with Crippen LogP contribution in [0.2, 0.25) is 0 Å². The van der Waals surface area contributed by atoms with Gasteiger partial charge in [0, 0.05) is 42.3 Å². The van der Waals surface area contributed by atoms with Gasteiger partial charge in [-0.05, 0) is 57.2 Å². The number of H-pyrrole nitrogens is 1. The maximum absolute atomic E-state index is 15.2. The van der Waals surface area contributed by atoms with Gasteiger partial charge in [-0.25, -0.2) is 23.1 Å². The van der Waals surface area contributed by atoms with Crippen LogP contribution in [0.3, 0.4) is 0 Å². The van der Waals surface area contributed by atoms with Crippen molar-refractivity contribution in [1.29, 1.82) is 0 Å². The third kappa shape index (κ3) is 5.85. The molecule has 43 heavy (non-hydrogen) atoms. The molecule has 5 rings (SSSR count). The summed E-state index contributed by atoms with van der Waals surface area (Å²) in [6.07, 6.45) is 2.60. The van der Waals surface area contributed by atoms with Gasteiger partial charge in [0.1, 0.15) is 22.5 Å². The minimum absolute atomic E-state index is 0.0205. The number of halogens is 2. The fourth-order valence-corrected chi connectivity index (χ4v) is 4.29. The van der Waals surface area contributed by atoms with Gasteiger partial charge in [-0.3, -0.25) is 19.3 Å². The van der Waals surface area contributed by atoms with E-state index in [1.807, 2.05) is 0 Å². The number of ether oxygens (including phenoxy) is 1. The lowest BCUT2D eigenvalue weighted by molar-refractivity contribution is 0.102. The number of hydrogen-bond acceptors (Lipinski definition) is 8. The number of carbonyl (C=O) groups is 1. The Labute approximate surface area is 242 Å². The first kappa shape index (κ1) is 29.1. The second-order valence-electron chi connectivity index (χ2n) is 9.98. The molecule has 0 saturated carbocycles. The van der Waals surface area contributed by atoms with Crippen LogP contribution in [0.15, 0.2) is 70.5 Å². The number of anilines is 2. The fourth-order valence-electron chi connectivity index (χ4n) is 4.29. The predicted octanol–water partition coefficient (Wildman–Crippen LogP) is 3.97. The highest BCUT2D eigenvalue weighted by Crippen LogP contribution is 2.34. The van der Waals surface area contributed by atoms with E-state index in [4.69, 9.17) is 4.74 Å². The van der Waals surface area contributed by atoms with Gasteiger partial charge in [-0.1, -0.05) is 0 Å². The topological polar surface area (TPSA) is 156 Å². The summed E-state index contributed by atoms with van der Waals surface area (Å²) in [5, 5.41) is 22.2. The molecule has 1 amide bonds. The van der Waals surface area contributed by atoms with Gasteiger partial charge in [0.05, 0.1) is 12.3 Å². The molecule has 0 spiro atoms. The molecule has 0 aliphatic carbocycles. The van der Waals surface area contributed by atoms with Gasteiger partial charge in [0.15, 0.2) is 23.0 Å². The lowest BCUT2D eigenvalue weighted by Crippen LogP contribution is -2.42. The lowest BCUT2D eigenvalue weighted by atomic mass is 10.2. The van der Waals surface area contributed by atoms with E-state index in [2.05, 4.69) is 25.8 Å². The Balaban J connectivity index is 1.44. The molecule has 14 heteroatoms. The van der Waals surface area contributed by atoms with Crippen molar-refractivity contribution in [2.75, 3.05) is 17.2 Å². The van der Waals surface area contributed by atoms with E-state index in [9.17, 15) is 23.9 Å². The average Bonchev–Trinajstić information content (AvgIpc) is 3.38. The monoisotopic (exact) mass is 591 g/mol. The summed E-state index contributed by atoms with van der Waals surface area (Å²) in [5.41, 5.74) is -1.53. The molecule has 0 saturated heterocycles. The molecule has 5 aromatic rings. The van der Waals surface area contributed by atoms with E-state index >= 15 is 4.39 Å². The molecule has 0 radical (unpaired) electrons. The number of aliphatic hydroxyl groups is 1. The second-order valence-corrected chi connectivity index (χ2v) is 9.98. The smallest absolute Gasteiger partial charge is 0.335 e. The largest absolute Gasteiger partial charge is 0.453 e. The number of rotatable bonds is 9. The number of nitrogens with one attached hydrogen (secondary N) is 3. The average molecular weight is 592 g/mol. The van der Waals surface area contributed by atoms with Gasteiger partial charge in [-0.15, -0.1) is 0 Å². The molecule has 3 heterocycles. The molecule has 0 unspecified atom stereocenters. The summed E-state index contributed by atoms with van der Waals surface area (Å²) >= 11 is 0. The molecule has 222 valence electrons. The molecule has 2 aromatic carbocycles. The van der Waals surface area contributed by atoms with Crippen molar-refractivity contribution in [1.82, 2.24) is 24.3 Å². The number of nitrogens with zero attached hydrogens (tertiary/aromatic N) is 4. The van der Waals surface area contributed by atoms with Crippen LogP contribution in [0, 0.1) is 11.6 Å². The van der Waals surface area contributed by atoms with Crippen LogP contribution in [0.4, 0.5) is 20.3 Å². The van der Waals surface area contributed by atoms with Crippen LogP contribution >= 0.6 is 0 Å². The number of carbonyl (C=O) groups excluding carboxylic acids is 1. The number of fused-ring (bicyclic) bond motifs is 1. The first-order chi connectivity index (χ1) is 20.6. The van der Waals surface area contributed by atoms with Crippen LogP contribution < -0.4 is 26.6 Å². The Morgan fingerprint density at radius 2 is 1.81 bits per heavy atom. The van der Waals surface area contributed by atoms with Crippen LogP contribution in [-0.2, 0) is 0 Å². The number of benzene rings is 2. The zero-order valence-electron chi connectivity index (χ0n) is 23.3. The fraction of sp³-hybridized carbons (Fsp3) is 0.207. The maximum Gasteiger partial charge on any atom is 0.335 e. The number of aliphatic hydroxyl groups excluding tert-OH is 1. The molecule has 12 nitrogen and oxygen atoms in total. The van der Waals surface area contributed by atoms with Crippen LogP contribution in [0.25, 0.3) is 16.7 Å². The van der Waals surface area contributed by atoms with E-state index in [1.165, 1.54) is 41.1 Å². The van der Waals surface area contributed by atoms with Gasteiger partial charge >= 0.3 is 5.69 Å². The Hall–Kier alpha value is -5.37. The van der Waals surface area contributed by atoms with Gasteiger partial charge in [-0.2, -0.15) is 5.10 Å². The number of aromatic nitrogens is 5. The Bertz CT molecular complexity index is 1930. The zero-order valence-corrected chi connectivity index (χ0v) is 23.3. The maximum atomic E-state index is 15.2. The van der Waals surface area contributed by atoms with Crippen molar-refractivity contribution < 1.29 is 23.4 Å². The summed E-state index contributed by atoms with van der Waals surface area (Å²) in [5.74, 6) is -1.83. The van der Waals surface area contributed by atoms with Gasteiger partial charge in [0.2, 0.25) is 0 Å². The molecule has 0 fully saturated rings. The van der Waals surface area contributed by atoms with Crippen LogP contribution in [0.1, 0.15) is 37.2 Å². The van der Waals surface area contributed by atoms with Crippen molar-refractivity contribution in [3.8, 4) is 17.2 Å². The summed E-state index contributed by atoms with van der Waals surface area (Å²) in [6.45, 7) is 5.00. The quantitative estimate of drug-likeness (QED) is 0.201. The van der Waals surface area contributed by atoms with Gasteiger partial charge < -0.3 is 20.5 Å². The van der Waals surface area contributed by atoms with E-state index < -0.39 is 34.8 Å². The van der Waals surface area contributed by atoms with Crippen molar-refractivity contribution in [2.24, 2.45) is 0 Å². The van der Waals surface area contributed by atoms with Crippen molar-refractivity contribution in [3.05, 3.63) is 99.0 Å². The molecular formula is C29H27F2N7O5. The minimum Gasteiger partial charge on any atom is -0.453 e. The standard InChI is InChI=1S/C29H27F2N7O5/c1-15(2)37-13-20(28(41)38(29(37)42)19-7-4-17(30)5-8-19)27(40)34-18-6-9-22(21(31)12-18)43-23-10-11-32-25-24(23)26(36-35-25)33-16(3)14-39/h4-13,15-16,39H,14H2,1-3H3,(H,34,40)(H2,32,33,35,36)/t16-/m1/s1. The summed E-state index contributed by atoms with van der Waals surface area (Å²) in [6, 6.07) is 9.18. The third-order valence-corrected chi connectivity index (χ3v) is 6.49. The molecule has 4 N–H and O–H groups in total. The first-order valence-electron chi connectivity index (χ1n) is 13.2. The van der Waals surface area contributed by atoms with E-state index in [-0.39, 0.29) is 41.1 Å². The normalized spacial score (nSPS) is 12.0. The Kier molecular flexibility index (Phi) is 8.03. The summed E-state index contributed by atoms with van der Waals surface area (Å²) < 4.78 is 36.5. The molecule has 0 bridgehead atoms. The summed E-state index contributed by atoms with van der Waals surface area (Å²) in [4.78, 5) is 43.7. The predicted molar refractivity (Wildman–Crippen MR) is 155 cm³/mol. The van der Waals surface area contributed by atoms with E-state index in [1.54, 1.807) is 20.8 Å². The van der Waals surface area contributed by atoms with Crippen LogP contribution in [-0.4, -0.2) is 48.0 Å². The molecule has 1 atom stereocenters. The summed E-state index contributed by atoms with van der Waals surface area (Å²) in [7, 11) is 0. The molecule has 0 aliphatic rings. The molecule has 0 aliphatic heterocycles. The highest BCUT2D eigenvalue weighted by molar-refractivity contribution is 6.04. The van der Waals surface area contributed by atoms with Crippen LogP contribution in [0.5, 0.6) is 11.5 Å². The highest BCUT2D eigenvalue weighted by atomic mass is 19.1. The zero-order chi connectivity index (χ0) is 30.8. The van der Waals surface area contributed by atoms with E-state index in [0.717, 1.165) is 29.0 Å². The number of aromatic amines is 1. The molecule has 3 aromatic heterocycles. The Morgan fingerprint density at radius 1 is 1.07 bits per heavy atom. The van der Waals surface area contributed by atoms with Crippen molar-refractivity contribution in [2.45, 2.75) is 32.9 Å². The first-order valence-corrected chi connectivity index (χ1v) is 13.2. The lowest BCUT2D eigenvalue weighted by Gasteiger charge is -2.16.